The van der Waals surface area contributed by atoms with Crippen LogP contribution in [0.25, 0.3) is 0 Å². The minimum atomic E-state index is -0.0159. The summed E-state index contributed by atoms with van der Waals surface area (Å²) < 4.78 is 5.15. The maximum Gasteiger partial charge on any atom is 0.225 e. The Balaban J connectivity index is 1.79. The van der Waals surface area contributed by atoms with Gasteiger partial charge < -0.3 is 25.6 Å². The molecule has 1 aromatic rings. The van der Waals surface area contributed by atoms with E-state index in [1.54, 1.807) is 25.3 Å². The summed E-state index contributed by atoms with van der Waals surface area (Å²) in [6.45, 7) is 8.30. The molecule has 1 heterocycles. The fourth-order valence-corrected chi connectivity index (χ4v) is 2.57. The number of ether oxygens (including phenoxy) is 1. The molecule has 122 valence electrons. The average molecular weight is 306 g/mol. The standard InChI is InChI=1S/C16H26N4O2/c1-3-19-8-10-20(11-9-19)7-6-16(21)18-15-12-13(22-2)4-5-14(15)17/h4-5,12H,3,6-11,17H2,1-2H3,(H,18,21). The average Bonchev–Trinajstić information content (AvgIpc) is 2.55. The molecule has 1 fully saturated rings. The molecule has 0 saturated carbocycles. The van der Waals surface area contributed by atoms with Gasteiger partial charge in [0.1, 0.15) is 5.75 Å². The van der Waals surface area contributed by atoms with Gasteiger partial charge in [-0.2, -0.15) is 0 Å². The number of nitrogens with two attached hydrogens (primary N) is 1. The molecule has 1 aromatic carbocycles. The van der Waals surface area contributed by atoms with Crippen molar-refractivity contribution in [2.75, 3.05) is 57.4 Å². The molecule has 0 spiro atoms. The number of nitrogens with one attached hydrogen (secondary N) is 1. The van der Waals surface area contributed by atoms with Gasteiger partial charge in [0.2, 0.25) is 5.91 Å². The van der Waals surface area contributed by atoms with Crippen molar-refractivity contribution >= 4 is 17.3 Å². The van der Waals surface area contributed by atoms with E-state index in [2.05, 4.69) is 22.0 Å². The summed E-state index contributed by atoms with van der Waals surface area (Å²) in [4.78, 5) is 16.8. The van der Waals surface area contributed by atoms with Gasteiger partial charge in [-0.25, -0.2) is 0 Å². The molecular weight excluding hydrogens is 280 g/mol. The van der Waals surface area contributed by atoms with Gasteiger partial charge in [0, 0.05) is 45.2 Å². The van der Waals surface area contributed by atoms with Crippen molar-refractivity contribution in [2.24, 2.45) is 0 Å². The number of likely N-dealkylation sites (N-methyl/N-ethyl adjacent to an activating group) is 1. The zero-order valence-electron chi connectivity index (χ0n) is 13.5. The van der Waals surface area contributed by atoms with Crippen LogP contribution in [0.1, 0.15) is 13.3 Å². The summed E-state index contributed by atoms with van der Waals surface area (Å²) in [6.07, 6.45) is 0.475. The largest absolute Gasteiger partial charge is 0.497 e. The number of methoxy groups -OCH3 is 1. The van der Waals surface area contributed by atoms with Crippen LogP contribution in [0.3, 0.4) is 0 Å². The molecule has 1 saturated heterocycles. The van der Waals surface area contributed by atoms with E-state index in [0.717, 1.165) is 39.3 Å². The van der Waals surface area contributed by atoms with E-state index < -0.39 is 0 Å². The van der Waals surface area contributed by atoms with Crippen LogP contribution in [0.4, 0.5) is 11.4 Å². The second-order valence-corrected chi connectivity index (χ2v) is 5.53. The molecule has 2 rings (SSSR count). The molecule has 1 amide bonds. The molecular formula is C16H26N4O2. The summed E-state index contributed by atoms with van der Waals surface area (Å²) in [5, 5.41) is 2.86. The van der Waals surface area contributed by atoms with Crippen LogP contribution >= 0.6 is 0 Å². The minimum Gasteiger partial charge on any atom is -0.497 e. The summed E-state index contributed by atoms with van der Waals surface area (Å²) in [5.74, 6) is 0.665. The fraction of sp³-hybridized carbons (Fsp3) is 0.562. The third kappa shape index (κ3) is 4.61. The van der Waals surface area contributed by atoms with Crippen LogP contribution in [-0.2, 0) is 4.79 Å². The molecule has 22 heavy (non-hydrogen) atoms. The number of hydrogen-bond acceptors (Lipinski definition) is 5. The van der Waals surface area contributed by atoms with Gasteiger partial charge in [0.05, 0.1) is 18.5 Å². The van der Waals surface area contributed by atoms with Crippen LogP contribution in [0.15, 0.2) is 18.2 Å². The lowest BCUT2D eigenvalue weighted by Gasteiger charge is -2.33. The zero-order chi connectivity index (χ0) is 15.9. The van der Waals surface area contributed by atoms with Gasteiger partial charge in [0.15, 0.2) is 0 Å². The Bertz CT molecular complexity index is 499. The molecule has 0 aliphatic carbocycles. The van der Waals surface area contributed by atoms with Crippen molar-refractivity contribution in [1.29, 1.82) is 0 Å². The molecule has 0 atom stereocenters. The third-order valence-electron chi connectivity index (χ3n) is 4.10. The number of carbonyl (C=O) groups excluding carboxylic acids is 1. The van der Waals surface area contributed by atoms with Crippen LogP contribution < -0.4 is 15.8 Å². The number of amides is 1. The van der Waals surface area contributed by atoms with Crippen LogP contribution in [-0.4, -0.2) is 62.1 Å². The Labute approximate surface area is 132 Å². The number of rotatable bonds is 6. The second-order valence-electron chi connectivity index (χ2n) is 5.53. The maximum atomic E-state index is 12.1. The van der Waals surface area contributed by atoms with Crippen molar-refractivity contribution in [3.05, 3.63) is 18.2 Å². The number of anilines is 2. The summed E-state index contributed by atoms with van der Waals surface area (Å²) in [7, 11) is 1.59. The Morgan fingerprint density at radius 2 is 1.95 bits per heavy atom. The van der Waals surface area contributed by atoms with Gasteiger partial charge in [-0.1, -0.05) is 6.92 Å². The van der Waals surface area contributed by atoms with Crippen molar-refractivity contribution in [3.63, 3.8) is 0 Å². The van der Waals surface area contributed by atoms with Crippen molar-refractivity contribution in [2.45, 2.75) is 13.3 Å². The molecule has 0 bridgehead atoms. The summed E-state index contributed by atoms with van der Waals surface area (Å²) >= 11 is 0. The van der Waals surface area contributed by atoms with Crippen LogP contribution in [0, 0.1) is 0 Å². The number of benzene rings is 1. The highest BCUT2D eigenvalue weighted by molar-refractivity contribution is 5.94. The minimum absolute atomic E-state index is 0.0159. The first-order valence-electron chi connectivity index (χ1n) is 7.80. The van der Waals surface area contributed by atoms with E-state index in [-0.39, 0.29) is 5.91 Å². The Hall–Kier alpha value is -1.79. The van der Waals surface area contributed by atoms with E-state index in [4.69, 9.17) is 10.5 Å². The molecule has 3 N–H and O–H groups in total. The predicted octanol–water partition coefficient (Wildman–Crippen LogP) is 1.24. The third-order valence-corrected chi connectivity index (χ3v) is 4.10. The van der Waals surface area contributed by atoms with Crippen LogP contribution in [0.5, 0.6) is 5.75 Å². The molecule has 1 aliphatic heterocycles. The maximum absolute atomic E-state index is 12.1. The Morgan fingerprint density at radius 1 is 1.27 bits per heavy atom. The van der Waals surface area contributed by atoms with Gasteiger partial charge in [-0.3, -0.25) is 4.79 Å². The predicted molar refractivity (Wildman–Crippen MR) is 89.2 cm³/mol. The smallest absolute Gasteiger partial charge is 0.225 e. The highest BCUT2D eigenvalue weighted by atomic mass is 16.5. The first-order valence-corrected chi connectivity index (χ1v) is 7.80. The summed E-state index contributed by atoms with van der Waals surface area (Å²) in [5.41, 5.74) is 7.03. The first kappa shape index (κ1) is 16.6. The Kier molecular flexibility index (Phi) is 6.03. The molecule has 0 aromatic heterocycles. The topological polar surface area (TPSA) is 70.8 Å². The lowest BCUT2D eigenvalue weighted by molar-refractivity contribution is -0.116. The number of piperazine rings is 1. The van der Waals surface area contributed by atoms with E-state index in [9.17, 15) is 4.79 Å². The Morgan fingerprint density at radius 3 is 2.59 bits per heavy atom. The molecule has 1 aliphatic rings. The number of carbonyl (C=O) groups is 1. The van der Waals surface area contributed by atoms with Gasteiger partial charge in [-0.15, -0.1) is 0 Å². The number of hydrogen-bond donors (Lipinski definition) is 2. The second kappa shape index (κ2) is 8.00. The highest BCUT2D eigenvalue weighted by Crippen LogP contribution is 2.24. The molecule has 6 heteroatoms. The zero-order valence-corrected chi connectivity index (χ0v) is 13.5. The van der Waals surface area contributed by atoms with E-state index in [1.165, 1.54) is 0 Å². The van der Waals surface area contributed by atoms with E-state index in [1.807, 2.05) is 0 Å². The van der Waals surface area contributed by atoms with E-state index >= 15 is 0 Å². The van der Waals surface area contributed by atoms with Crippen molar-refractivity contribution in [1.82, 2.24) is 9.80 Å². The highest BCUT2D eigenvalue weighted by Gasteiger charge is 2.16. The van der Waals surface area contributed by atoms with Crippen molar-refractivity contribution in [3.8, 4) is 5.75 Å². The molecule has 6 nitrogen and oxygen atoms in total. The lowest BCUT2D eigenvalue weighted by Crippen LogP contribution is -2.46. The summed E-state index contributed by atoms with van der Waals surface area (Å²) in [6, 6.07) is 5.25. The first-order chi connectivity index (χ1) is 10.6. The number of nitrogens with zero attached hydrogens (tertiary/aromatic N) is 2. The lowest BCUT2D eigenvalue weighted by atomic mass is 10.2. The van der Waals surface area contributed by atoms with Crippen molar-refractivity contribution < 1.29 is 9.53 Å². The van der Waals surface area contributed by atoms with Crippen LogP contribution in [0.2, 0.25) is 0 Å². The van der Waals surface area contributed by atoms with Gasteiger partial charge >= 0.3 is 0 Å². The van der Waals surface area contributed by atoms with E-state index in [0.29, 0.717) is 23.5 Å². The van der Waals surface area contributed by atoms with Gasteiger partial charge in [-0.05, 0) is 18.7 Å². The fourth-order valence-electron chi connectivity index (χ4n) is 2.57. The van der Waals surface area contributed by atoms with Gasteiger partial charge in [0.25, 0.3) is 0 Å². The monoisotopic (exact) mass is 306 g/mol. The SMILES string of the molecule is CCN1CCN(CCC(=O)Nc2cc(OC)ccc2N)CC1. The normalized spacial score (nSPS) is 16.5. The number of nitrogen functional groups attached to an aromatic ring is 1. The molecule has 0 radical (unpaired) electrons. The quantitative estimate of drug-likeness (QED) is 0.774. The molecule has 0 unspecified atom stereocenters.